The van der Waals surface area contributed by atoms with Crippen LogP contribution in [0.2, 0.25) is 0 Å². The topological polar surface area (TPSA) is 135 Å². The van der Waals surface area contributed by atoms with E-state index in [0.29, 0.717) is 19.4 Å². The van der Waals surface area contributed by atoms with Crippen LogP contribution in [0.3, 0.4) is 0 Å². The molecule has 1 rings (SSSR count). The molecule has 0 amide bonds. The molecule has 0 aliphatic carbocycles. The minimum Gasteiger partial charge on any atom is -0.457 e. The van der Waals surface area contributed by atoms with Crippen molar-refractivity contribution < 1.29 is 44.2 Å². The second-order valence-electron chi connectivity index (χ2n) is 14.1. The zero-order valence-electron chi connectivity index (χ0n) is 33.2. The van der Waals surface area contributed by atoms with Crippen molar-refractivity contribution in [3.63, 3.8) is 0 Å². The van der Waals surface area contributed by atoms with Gasteiger partial charge in [0.2, 0.25) is 0 Å². The van der Waals surface area contributed by atoms with Gasteiger partial charge >= 0.3 is 5.97 Å². The normalized spacial score (nSPS) is 21.7. The van der Waals surface area contributed by atoms with E-state index in [-0.39, 0.29) is 19.2 Å². The van der Waals surface area contributed by atoms with Crippen molar-refractivity contribution in [2.45, 2.75) is 185 Å². The molecule has 1 heterocycles. The number of aliphatic hydroxyl groups is 4. The third-order valence-corrected chi connectivity index (χ3v) is 9.22. The highest BCUT2D eigenvalue weighted by Crippen LogP contribution is 2.22. The Kier molecular flexibility index (Phi) is 32.8. The zero-order chi connectivity index (χ0) is 38.6. The smallest absolute Gasteiger partial charge is 0.306 e. The van der Waals surface area contributed by atoms with Crippen molar-refractivity contribution in [1.29, 1.82) is 0 Å². The summed E-state index contributed by atoms with van der Waals surface area (Å²) in [5.41, 5.74) is 0. The highest BCUT2D eigenvalue weighted by molar-refractivity contribution is 5.69. The Morgan fingerprint density at radius 2 is 1.11 bits per heavy atom. The maximum atomic E-state index is 12.7. The van der Waals surface area contributed by atoms with E-state index in [1.807, 2.05) is 0 Å². The van der Waals surface area contributed by atoms with Gasteiger partial charge in [-0.1, -0.05) is 158 Å². The van der Waals surface area contributed by atoms with Gasteiger partial charge in [-0.05, 0) is 44.9 Å². The Labute approximate surface area is 322 Å². The Morgan fingerprint density at radius 3 is 1.62 bits per heavy atom. The van der Waals surface area contributed by atoms with E-state index in [0.717, 1.165) is 51.4 Å². The summed E-state index contributed by atoms with van der Waals surface area (Å²) in [5, 5.41) is 40.0. The lowest BCUT2D eigenvalue weighted by Gasteiger charge is -2.39. The van der Waals surface area contributed by atoms with Crippen LogP contribution >= 0.6 is 0 Å². The molecule has 0 aromatic heterocycles. The number of carbonyl (C=O) groups excluding carboxylic acids is 1. The average Bonchev–Trinajstić information content (AvgIpc) is 3.16. The molecule has 0 radical (unpaired) electrons. The van der Waals surface area contributed by atoms with Crippen LogP contribution in [0, 0.1) is 0 Å². The standard InChI is InChI=1S/C44H76O9/c1-3-5-7-9-11-13-15-17-19-20-22-24-26-28-30-32-34-50-36-38(37-51-44-43(49)42(48)41(47)39(35-45)53-44)52-40(46)33-31-29-27-25-23-21-18-16-14-12-10-8-6-4-2/h5,7,11,13,17,19,22,24,28,30,38-39,41-45,47-49H,3-4,6,8-10,12,14-16,18,20-21,23,25-27,29,31-37H2,1-2H3/b7-5-,13-11-,19-17-,24-22-,30-28-. The molecule has 1 aliphatic rings. The predicted octanol–water partition coefficient (Wildman–Crippen LogP) is 8.74. The van der Waals surface area contributed by atoms with Crippen molar-refractivity contribution in [1.82, 2.24) is 0 Å². The Morgan fingerprint density at radius 1 is 0.623 bits per heavy atom. The van der Waals surface area contributed by atoms with Crippen molar-refractivity contribution in [3.8, 4) is 0 Å². The van der Waals surface area contributed by atoms with Gasteiger partial charge in [-0.3, -0.25) is 4.79 Å². The van der Waals surface area contributed by atoms with Crippen LogP contribution < -0.4 is 0 Å². The fourth-order valence-corrected chi connectivity index (χ4v) is 5.97. The van der Waals surface area contributed by atoms with Crippen molar-refractivity contribution in [2.75, 3.05) is 26.4 Å². The lowest BCUT2D eigenvalue weighted by molar-refractivity contribution is -0.305. The number of hydrogen-bond donors (Lipinski definition) is 4. The van der Waals surface area contributed by atoms with E-state index in [1.165, 1.54) is 70.6 Å². The van der Waals surface area contributed by atoms with Crippen molar-refractivity contribution >= 4 is 5.97 Å². The van der Waals surface area contributed by atoms with Gasteiger partial charge in [-0.2, -0.15) is 0 Å². The van der Waals surface area contributed by atoms with Crippen LogP contribution in [0.1, 0.15) is 149 Å². The van der Waals surface area contributed by atoms with Gasteiger partial charge in [0.05, 0.1) is 26.4 Å². The number of unbranched alkanes of at least 4 members (excludes halogenated alkanes) is 13. The van der Waals surface area contributed by atoms with Gasteiger partial charge in [0, 0.05) is 6.42 Å². The fraction of sp³-hybridized carbons (Fsp3) is 0.750. The number of esters is 1. The van der Waals surface area contributed by atoms with Crippen LogP contribution in [0.25, 0.3) is 0 Å². The monoisotopic (exact) mass is 749 g/mol. The summed E-state index contributed by atoms with van der Waals surface area (Å²) in [6.45, 7) is 4.21. The molecule has 0 saturated carbocycles. The Balaban J connectivity index is 2.36. The molecule has 9 heteroatoms. The molecule has 1 aliphatic heterocycles. The van der Waals surface area contributed by atoms with Crippen LogP contribution in [0.5, 0.6) is 0 Å². The largest absolute Gasteiger partial charge is 0.457 e. The summed E-state index contributed by atoms with van der Waals surface area (Å²) in [5.74, 6) is -0.340. The molecular weight excluding hydrogens is 672 g/mol. The number of hydrogen-bond acceptors (Lipinski definition) is 9. The maximum Gasteiger partial charge on any atom is 0.306 e. The number of carbonyl (C=O) groups is 1. The summed E-state index contributed by atoms with van der Waals surface area (Å²) in [6.07, 6.45) is 36.9. The van der Waals surface area contributed by atoms with Gasteiger partial charge in [0.15, 0.2) is 6.29 Å². The second-order valence-corrected chi connectivity index (χ2v) is 14.1. The van der Waals surface area contributed by atoms with Crippen molar-refractivity contribution in [2.24, 2.45) is 0 Å². The number of ether oxygens (including phenoxy) is 4. The fourth-order valence-electron chi connectivity index (χ4n) is 5.97. The first kappa shape index (κ1) is 48.9. The third kappa shape index (κ3) is 27.2. The molecule has 1 saturated heterocycles. The summed E-state index contributed by atoms with van der Waals surface area (Å²) in [4.78, 5) is 12.7. The van der Waals surface area contributed by atoms with Gasteiger partial charge in [-0.15, -0.1) is 0 Å². The minimum atomic E-state index is -1.55. The van der Waals surface area contributed by atoms with Gasteiger partial charge in [-0.25, -0.2) is 0 Å². The lowest BCUT2D eigenvalue weighted by Crippen LogP contribution is -2.59. The van der Waals surface area contributed by atoms with E-state index in [9.17, 15) is 25.2 Å². The summed E-state index contributed by atoms with van der Waals surface area (Å²) < 4.78 is 22.6. The summed E-state index contributed by atoms with van der Waals surface area (Å²) >= 11 is 0. The second kappa shape index (κ2) is 35.6. The van der Waals surface area contributed by atoms with Gasteiger partial charge < -0.3 is 39.4 Å². The molecular formula is C44H76O9. The molecule has 0 aromatic rings. The first-order valence-electron chi connectivity index (χ1n) is 20.9. The molecule has 6 unspecified atom stereocenters. The molecule has 4 N–H and O–H groups in total. The van der Waals surface area contributed by atoms with Crippen LogP contribution in [-0.4, -0.2) is 89.6 Å². The van der Waals surface area contributed by atoms with E-state index in [1.54, 1.807) is 0 Å². The molecule has 53 heavy (non-hydrogen) atoms. The molecule has 1 fully saturated rings. The summed E-state index contributed by atoms with van der Waals surface area (Å²) in [7, 11) is 0. The number of allylic oxidation sites excluding steroid dienone is 9. The van der Waals surface area contributed by atoms with Crippen LogP contribution in [0.15, 0.2) is 60.8 Å². The molecule has 0 spiro atoms. The average molecular weight is 749 g/mol. The molecule has 6 atom stereocenters. The van der Waals surface area contributed by atoms with Crippen LogP contribution in [-0.2, 0) is 23.7 Å². The summed E-state index contributed by atoms with van der Waals surface area (Å²) in [6, 6.07) is 0. The van der Waals surface area contributed by atoms with Gasteiger partial charge in [0.1, 0.15) is 30.5 Å². The number of aliphatic hydroxyl groups excluding tert-OH is 4. The quantitative estimate of drug-likeness (QED) is 0.0290. The maximum absolute atomic E-state index is 12.7. The van der Waals surface area contributed by atoms with Crippen LogP contribution in [0.4, 0.5) is 0 Å². The molecule has 9 nitrogen and oxygen atoms in total. The SMILES string of the molecule is CC/C=C\C/C=C\C/C=C\C/C=C\C/C=C\CCOCC(COC1OC(CO)C(O)C(O)C1O)OC(=O)CCCCCCCCCCCCCCCC. The third-order valence-electron chi connectivity index (χ3n) is 9.22. The Bertz CT molecular complexity index is 989. The molecule has 306 valence electrons. The lowest BCUT2D eigenvalue weighted by atomic mass is 9.99. The van der Waals surface area contributed by atoms with E-state index in [4.69, 9.17) is 18.9 Å². The zero-order valence-corrected chi connectivity index (χ0v) is 33.2. The van der Waals surface area contributed by atoms with Crippen molar-refractivity contribution in [3.05, 3.63) is 60.8 Å². The minimum absolute atomic E-state index is 0.0899. The van der Waals surface area contributed by atoms with Gasteiger partial charge in [0.25, 0.3) is 0 Å². The van der Waals surface area contributed by atoms with E-state index in [2.05, 4.69) is 74.6 Å². The van der Waals surface area contributed by atoms with E-state index >= 15 is 0 Å². The molecule has 0 bridgehead atoms. The highest BCUT2D eigenvalue weighted by atomic mass is 16.7. The Hall–Kier alpha value is -2.11. The van der Waals surface area contributed by atoms with E-state index < -0.39 is 43.4 Å². The molecule has 0 aromatic carbocycles. The first-order valence-corrected chi connectivity index (χ1v) is 20.9. The predicted molar refractivity (Wildman–Crippen MR) is 214 cm³/mol. The number of rotatable bonds is 34. The first-order chi connectivity index (χ1) is 25.9. The highest BCUT2D eigenvalue weighted by Gasteiger charge is 2.44.